The van der Waals surface area contributed by atoms with Gasteiger partial charge in [0.25, 0.3) is 0 Å². The van der Waals surface area contributed by atoms with Crippen molar-refractivity contribution in [2.24, 2.45) is 5.73 Å². The van der Waals surface area contributed by atoms with Gasteiger partial charge < -0.3 is 31.5 Å². The number of amides is 3. The highest BCUT2D eigenvalue weighted by Gasteiger charge is 2.37. The molecule has 1 heterocycles. The van der Waals surface area contributed by atoms with Gasteiger partial charge in [-0.3, -0.25) is 19.2 Å². The van der Waals surface area contributed by atoms with Gasteiger partial charge >= 0.3 is 5.97 Å². The number of carbonyl (C=O) groups is 4. The van der Waals surface area contributed by atoms with Crippen molar-refractivity contribution in [1.82, 2.24) is 15.5 Å². The average Bonchev–Trinajstić information content (AvgIpc) is 3.02. The van der Waals surface area contributed by atoms with Crippen molar-refractivity contribution >= 4 is 23.7 Å². The Morgan fingerprint density at radius 2 is 1.72 bits per heavy atom. The summed E-state index contributed by atoms with van der Waals surface area (Å²) in [7, 11) is 0. The quantitative estimate of drug-likeness (QED) is 0.344. The lowest BCUT2D eigenvalue weighted by Gasteiger charge is -2.28. The molecule has 0 aromatic heterocycles. The Labute approximate surface area is 145 Å². The minimum atomic E-state index is -1.17. The van der Waals surface area contributed by atoms with Crippen LogP contribution in [0.4, 0.5) is 0 Å². The second-order valence-electron chi connectivity index (χ2n) is 6.25. The summed E-state index contributed by atoms with van der Waals surface area (Å²) in [6.45, 7) is 4.49. The molecule has 1 aliphatic rings. The van der Waals surface area contributed by atoms with E-state index in [1.165, 1.54) is 25.7 Å². The topological polar surface area (TPSA) is 162 Å². The molecule has 1 fully saturated rings. The lowest BCUT2D eigenvalue weighted by Crippen LogP contribution is -2.56. The molecular formula is C15H26N4O6. The van der Waals surface area contributed by atoms with Gasteiger partial charge in [0.1, 0.15) is 24.2 Å². The fourth-order valence-electron chi connectivity index (χ4n) is 2.51. The van der Waals surface area contributed by atoms with Gasteiger partial charge in [-0.1, -0.05) is 0 Å². The molecule has 0 aromatic carbocycles. The van der Waals surface area contributed by atoms with E-state index in [1.807, 2.05) is 0 Å². The van der Waals surface area contributed by atoms with Gasteiger partial charge in [-0.2, -0.15) is 0 Å². The van der Waals surface area contributed by atoms with E-state index in [9.17, 15) is 24.3 Å². The Morgan fingerprint density at radius 1 is 1.12 bits per heavy atom. The Kier molecular flexibility index (Phi) is 7.31. The zero-order valence-corrected chi connectivity index (χ0v) is 14.6. The molecular weight excluding hydrogens is 332 g/mol. The summed E-state index contributed by atoms with van der Waals surface area (Å²) in [6, 6.07) is -3.93. The van der Waals surface area contributed by atoms with Gasteiger partial charge in [0.15, 0.2) is 0 Å². The monoisotopic (exact) mass is 358 g/mol. The molecule has 3 amide bonds. The second-order valence-corrected chi connectivity index (χ2v) is 6.25. The molecule has 0 bridgehead atoms. The van der Waals surface area contributed by atoms with E-state index < -0.39 is 54.0 Å². The minimum Gasteiger partial charge on any atom is -0.480 e. The van der Waals surface area contributed by atoms with Crippen molar-refractivity contribution in [3.63, 3.8) is 0 Å². The Balaban J connectivity index is 2.71. The number of aliphatic hydroxyl groups excluding tert-OH is 1. The van der Waals surface area contributed by atoms with Crippen molar-refractivity contribution in [2.75, 3.05) is 6.54 Å². The molecule has 6 N–H and O–H groups in total. The molecule has 10 nitrogen and oxygen atoms in total. The number of nitrogens with one attached hydrogen (secondary N) is 2. The number of nitrogens with zero attached hydrogens (tertiary/aromatic N) is 1. The summed E-state index contributed by atoms with van der Waals surface area (Å²) < 4.78 is 0. The molecule has 1 saturated heterocycles. The maximum absolute atomic E-state index is 12.5. The maximum Gasteiger partial charge on any atom is 0.325 e. The van der Waals surface area contributed by atoms with Gasteiger partial charge in [0, 0.05) is 6.54 Å². The third-order valence-electron chi connectivity index (χ3n) is 4.12. The summed E-state index contributed by atoms with van der Waals surface area (Å²) in [5.74, 6) is -2.85. The van der Waals surface area contributed by atoms with Crippen LogP contribution in [0.1, 0.15) is 33.6 Å². The summed E-state index contributed by atoms with van der Waals surface area (Å²) >= 11 is 0. The summed E-state index contributed by atoms with van der Waals surface area (Å²) in [4.78, 5) is 48.7. The van der Waals surface area contributed by atoms with Gasteiger partial charge in [-0.15, -0.1) is 0 Å². The van der Waals surface area contributed by atoms with Crippen LogP contribution in [-0.2, 0) is 19.2 Å². The van der Waals surface area contributed by atoms with Gasteiger partial charge in [0.2, 0.25) is 17.7 Å². The molecule has 0 spiro atoms. The lowest BCUT2D eigenvalue weighted by atomic mass is 10.1. The largest absolute Gasteiger partial charge is 0.480 e. The molecule has 0 saturated carbocycles. The summed E-state index contributed by atoms with van der Waals surface area (Å²) in [5.41, 5.74) is 5.51. The zero-order valence-electron chi connectivity index (χ0n) is 14.6. The van der Waals surface area contributed by atoms with E-state index >= 15 is 0 Å². The van der Waals surface area contributed by atoms with Gasteiger partial charge in [-0.25, -0.2) is 0 Å². The number of carboxylic acid groups (broad SMARTS) is 1. The van der Waals surface area contributed by atoms with Crippen LogP contribution >= 0.6 is 0 Å². The summed E-state index contributed by atoms with van der Waals surface area (Å²) in [6.07, 6.45) is -0.0539. The van der Waals surface area contributed by atoms with Crippen molar-refractivity contribution in [2.45, 2.75) is 63.9 Å². The van der Waals surface area contributed by atoms with Crippen molar-refractivity contribution in [1.29, 1.82) is 0 Å². The highest BCUT2D eigenvalue weighted by Crippen LogP contribution is 2.18. The Hall–Kier alpha value is -2.20. The lowest BCUT2D eigenvalue weighted by molar-refractivity contribution is -0.144. The van der Waals surface area contributed by atoms with Crippen LogP contribution in [0.25, 0.3) is 0 Å². The van der Waals surface area contributed by atoms with Gasteiger partial charge in [-0.05, 0) is 33.6 Å². The van der Waals surface area contributed by atoms with Crippen LogP contribution in [0, 0.1) is 0 Å². The van der Waals surface area contributed by atoms with E-state index in [0.717, 1.165) is 0 Å². The SMILES string of the molecule is C[C@H](NC(=O)[C@@H]1CCCN1C(=O)[C@H](C)NC(=O)[C@@H](N)[C@@H](C)O)C(=O)O. The number of rotatable bonds is 7. The summed E-state index contributed by atoms with van der Waals surface area (Å²) in [5, 5.41) is 22.9. The van der Waals surface area contributed by atoms with Crippen LogP contribution in [0.3, 0.4) is 0 Å². The number of hydrogen-bond donors (Lipinski definition) is 5. The van der Waals surface area contributed by atoms with E-state index in [-0.39, 0.29) is 0 Å². The van der Waals surface area contributed by atoms with Crippen molar-refractivity contribution < 1.29 is 29.4 Å². The number of aliphatic carboxylic acids is 1. The Bertz CT molecular complexity index is 538. The third-order valence-corrected chi connectivity index (χ3v) is 4.12. The van der Waals surface area contributed by atoms with E-state index in [1.54, 1.807) is 0 Å². The third kappa shape index (κ3) is 5.40. The predicted octanol–water partition coefficient (Wildman–Crippen LogP) is -2.22. The maximum atomic E-state index is 12.5. The Morgan fingerprint density at radius 3 is 2.24 bits per heavy atom. The van der Waals surface area contributed by atoms with E-state index in [4.69, 9.17) is 10.8 Å². The molecule has 1 aliphatic heterocycles. The molecule has 1 rings (SSSR count). The molecule has 10 heteroatoms. The highest BCUT2D eigenvalue weighted by atomic mass is 16.4. The highest BCUT2D eigenvalue weighted by molar-refractivity contribution is 5.94. The van der Waals surface area contributed by atoms with Crippen LogP contribution in [-0.4, -0.2) is 75.6 Å². The normalized spacial score (nSPS) is 21.8. The number of carbonyl (C=O) groups excluding carboxylic acids is 3. The molecule has 0 aromatic rings. The molecule has 142 valence electrons. The number of likely N-dealkylation sites (tertiary alicyclic amines) is 1. The van der Waals surface area contributed by atoms with Crippen LogP contribution in [0.2, 0.25) is 0 Å². The molecule has 0 aliphatic carbocycles. The number of nitrogens with two attached hydrogens (primary N) is 1. The van der Waals surface area contributed by atoms with E-state index in [0.29, 0.717) is 19.4 Å². The van der Waals surface area contributed by atoms with E-state index in [2.05, 4.69) is 10.6 Å². The fourth-order valence-corrected chi connectivity index (χ4v) is 2.51. The average molecular weight is 358 g/mol. The first-order valence-corrected chi connectivity index (χ1v) is 8.14. The van der Waals surface area contributed by atoms with Crippen molar-refractivity contribution in [3.05, 3.63) is 0 Å². The standard InChI is InChI=1S/C15H26N4O6/c1-7(17-13(22)11(16)9(3)20)14(23)19-6-4-5-10(19)12(21)18-8(2)15(24)25/h7-11,20H,4-6,16H2,1-3H3,(H,17,22)(H,18,21)(H,24,25)/t7-,8-,9+,10-,11-/m0/s1. The molecule has 5 atom stereocenters. The number of carboxylic acids is 1. The molecule has 0 radical (unpaired) electrons. The van der Waals surface area contributed by atoms with Crippen molar-refractivity contribution in [3.8, 4) is 0 Å². The first kappa shape index (κ1) is 20.8. The molecule has 25 heavy (non-hydrogen) atoms. The van der Waals surface area contributed by atoms with Crippen LogP contribution in [0.5, 0.6) is 0 Å². The van der Waals surface area contributed by atoms with Crippen LogP contribution < -0.4 is 16.4 Å². The number of aliphatic hydroxyl groups is 1. The zero-order chi connectivity index (χ0) is 19.3. The second kappa shape index (κ2) is 8.77. The van der Waals surface area contributed by atoms with Gasteiger partial charge in [0.05, 0.1) is 6.10 Å². The predicted molar refractivity (Wildman–Crippen MR) is 87.2 cm³/mol. The first-order valence-electron chi connectivity index (χ1n) is 8.14. The minimum absolute atomic E-state index is 0.334. The van der Waals surface area contributed by atoms with Crippen LogP contribution in [0.15, 0.2) is 0 Å². The fraction of sp³-hybridized carbons (Fsp3) is 0.733. The first-order chi connectivity index (χ1) is 11.6. The smallest absolute Gasteiger partial charge is 0.325 e. The molecule has 0 unspecified atom stereocenters. The number of hydrogen-bond acceptors (Lipinski definition) is 6.